The first-order valence-electron chi connectivity index (χ1n) is 19.0. The maximum atomic E-state index is 16.0. The summed E-state index contributed by atoms with van der Waals surface area (Å²) in [4.78, 5) is 47.8. The topological polar surface area (TPSA) is 115 Å². The number of nitrogens with one attached hydrogen (secondary N) is 1. The second kappa shape index (κ2) is 16.6. The first-order chi connectivity index (χ1) is 27.3. The molecule has 0 atom stereocenters. The van der Waals surface area contributed by atoms with Crippen molar-refractivity contribution in [2.24, 2.45) is 13.0 Å². The van der Waals surface area contributed by atoms with Gasteiger partial charge in [0.05, 0.1) is 62.8 Å². The van der Waals surface area contributed by atoms with Crippen molar-refractivity contribution in [3.63, 3.8) is 0 Å². The molecule has 0 aliphatic carbocycles. The summed E-state index contributed by atoms with van der Waals surface area (Å²) in [6.07, 6.45) is 4.72. The molecule has 0 bridgehead atoms. The third kappa shape index (κ3) is 8.34. The molecule has 1 N–H and O–H groups in total. The van der Waals surface area contributed by atoms with Gasteiger partial charge < -0.3 is 28.9 Å². The lowest BCUT2D eigenvalue weighted by Gasteiger charge is -2.40. The van der Waals surface area contributed by atoms with E-state index in [0.717, 1.165) is 36.0 Å². The van der Waals surface area contributed by atoms with E-state index in [1.54, 1.807) is 35.0 Å². The van der Waals surface area contributed by atoms with Gasteiger partial charge in [-0.05, 0) is 24.3 Å². The van der Waals surface area contributed by atoms with Crippen LogP contribution in [0.5, 0.6) is 0 Å². The second-order valence-corrected chi connectivity index (χ2v) is 15.7. The molecular formula is C42H46ClF2N8O4+. The number of carbonyl (C=O) groups is 3. The minimum absolute atomic E-state index is 0.0342. The fourth-order valence-electron chi connectivity index (χ4n) is 7.58. The van der Waals surface area contributed by atoms with E-state index >= 15 is 8.78 Å². The number of piperidine rings is 1. The van der Waals surface area contributed by atoms with Crippen molar-refractivity contribution in [1.82, 2.24) is 29.1 Å². The highest BCUT2D eigenvalue weighted by Crippen LogP contribution is 2.37. The number of nitrogens with zero attached hydrogens (tertiary/aromatic N) is 7. The Morgan fingerprint density at radius 1 is 0.912 bits per heavy atom. The molecule has 3 aromatic carbocycles. The SMILES string of the molecule is COCCn1cc(-c2ccc(-c3cnc(C(=O)Nc4ccc(C(=O)N5CCN(C(=O)C6CC[N+](C)(C)CC6)CC5)c(Cl)c4)n3C)c(F)c2F)c(-c2ccccc2)n1. The maximum absolute atomic E-state index is 16.0. The normalized spacial score (nSPS) is 15.8. The Morgan fingerprint density at radius 2 is 1.58 bits per heavy atom. The van der Waals surface area contributed by atoms with Crippen LogP contribution in [0.3, 0.4) is 0 Å². The maximum Gasteiger partial charge on any atom is 0.291 e. The molecule has 2 aromatic heterocycles. The minimum Gasteiger partial charge on any atom is -0.383 e. The lowest BCUT2D eigenvalue weighted by molar-refractivity contribution is -0.895. The van der Waals surface area contributed by atoms with Crippen molar-refractivity contribution in [3.05, 3.63) is 101 Å². The first-order valence-corrected chi connectivity index (χ1v) is 19.4. The predicted octanol–water partition coefficient (Wildman–Crippen LogP) is 6.22. The highest BCUT2D eigenvalue weighted by Gasteiger charge is 2.35. The average molecular weight is 800 g/mol. The van der Waals surface area contributed by atoms with Gasteiger partial charge in [0.2, 0.25) is 5.91 Å². The van der Waals surface area contributed by atoms with Crippen LogP contribution < -0.4 is 5.32 Å². The summed E-state index contributed by atoms with van der Waals surface area (Å²) in [6, 6.07) is 16.8. The van der Waals surface area contributed by atoms with Crippen LogP contribution in [0.2, 0.25) is 5.02 Å². The third-order valence-corrected chi connectivity index (χ3v) is 11.3. The van der Waals surface area contributed by atoms with E-state index in [4.69, 9.17) is 16.3 Å². The number of hydrogen-bond acceptors (Lipinski definition) is 6. The molecule has 5 aromatic rings. The molecule has 0 radical (unpaired) electrons. The summed E-state index contributed by atoms with van der Waals surface area (Å²) in [7, 11) is 7.49. The van der Waals surface area contributed by atoms with E-state index in [2.05, 4.69) is 29.5 Å². The number of hydrogen-bond donors (Lipinski definition) is 1. The number of quaternary nitrogens is 1. The molecule has 57 heavy (non-hydrogen) atoms. The predicted molar refractivity (Wildman–Crippen MR) is 214 cm³/mol. The van der Waals surface area contributed by atoms with Crippen molar-refractivity contribution < 1.29 is 32.4 Å². The van der Waals surface area contributed by atoms with E-state index in [1.807, 2.05) is 35.2 Å². The van der Waals surface area contributed by atoms with Crippen molar-refractivity contribution in [3.8, 4) is 33.6 Å². The van der Waals surface area contributed by atoms with Crippen molar-refractivity contribution in [1.29, 1.82) is 0 Å². The molecule has 2 aliphatic rings. The summed E-state index contributed by atoms with van der Waals surface area (Å²) in [5, 5.41) is 7.52. The van der Waals surface area contributed by atoms with Gasteiger partial charge in [-0.25, -0.2) is 13.8 Å². The number of imidazole rings is 1. The lowest BCUT2D eigenvalue weighted by atomic mass is 9.94. The van der Waals surface area contributed by atoms with Crippen LogP contribution in [0, 0.1) is 17.6 Å². The number of methoxy groups -OCH3 is 1. The van der Waals surface area contributed by atoms with Gasteiger partial charge in [0.15, 0.2) is 17.5 Å². The monoisotopic (exact) mass is 799 g/mol. The molecule has 2 aliphatic heterocycles. The van der Waals surface area contributed by atoms with Gasteiger partial charge in [0.1, 0.15) is 5.69 Å². The summed E-state index contributed by atoms with van der Waals surface area (Å²) >= 11 is 6.58. The van der Waals surface area contributed by atoms with Crippen molar-refractivity contribution in [2.75, 3.05) is 72.4 Å². The molecular weight excluding hydrogens is 754 g/mol. The number of amides is 3. The van der Waals surface area contributed by atoms with Crippen LogP contribution in [0.15, 0.2) is 73.1 Å². The first kappa shape index (κ1) is 39.8. The zero-order valence-corrected chi connectivity index (χ0v) is 33.2. The zero-order chi connectivity index (χ0) is 40.4. The van der Waals surface area contributed by atoms with Gasteiger partial charge in [0.25, 0.3) is 11.8 Å². The molecule has 3 amide bonds. The van der Waals surface area contributed by atoms with Crippen molar-refractivity contribution >= 4 is 35.0 Å². The van der Waals surface area contributed by atoms with Gasteiger partial charge >= 0.3 is 0 Å². The van der Waals surface area contributed by atoms with E-state index in [-0.39, 0.29) is 51.0 Å². The molecule has 0 saturated carbocycles. The highest BCUT2D eigenvalue weighted by atomic mass is 35.5. The zero-order valence-electron chi connectivity index (χ0n) is 32.5. The fourth-order valence-corrected chi connectivity index (χ4v) is 7.84. The van der Waals surface area contributed by atoms with E-state index in [9.17, 15) is 14.4 Å². The Balaban J connectivity index is 1.02. The number of anilines is 1. The Hall–Kier alpha value is -5.44. The Bertz CT molecular complexity index is 2290. The molecule has 15 heteroatoms. The van der Waals surface area contributed by atoms with Gasteiger partial charge in [-0.3, -0.25) is 19.1 Å². The molecule has 12 nitrogen and oxygen atoms in total. The highest BCUT2D eigenvalue weighted by molar-refractivity contribution is 6.34. The molecule has 298 valence electrons. The minimum atomic E-state index is -1.10. The second-order valence-electron chi connectivity index (χ2n) is 15.3. The molecule has 7 rings (SSSR count). The molecule has 2 fully saturated rings. The van der Waals surface area contributed by atoms with Crippen LogP contribution in [0.25, 0.3) is 33.6 Å². The smallest absolute Gasteiger partial charge is 0.291 e. The van der Waals surface area contributed by atoms with Gasteiger partial charge in [0, 0.05) is 93.2 Å². The van der Waals surface area contributed by atoms with Gasteiger partial charge in [-0.1, -0.05) is 48.0 Å². The number of aromatic nitrogens is 4. The lowest BCUT2D eigenvalue weighted by Crippen LogP contribution is -2.54. The largest absolute Gasteiger partial charge is 0.383 e. The van der Waals surface area contributed by atoms with Gasteiger partial charge in [-0.15, -0.1) is 0 Å². The van der Waals surface area contributed by atoms with E-state index < -0.39 is 17.5 Å². The number of rotatable bonds is 10. The van der Waals surface area contributed by atoms with Crippen LogP contribution in [-0.2, 0) is 23.1 Å². The quantitative estimate of drug-likeness (QED) is 0.168. The Morgan fingerprint density at radius 3 is 2.26 bits per heavy atom. The summed E-state index contributed by atoms with van der Waals surface area (Å²) in [5.74, 6) is -2.89. The molecule has 2 saturated heterocycles. The summed E-state index contributed by atoms with van der Waals surface area (Å²) in [5.41, 5.74) is 2.41. The van der Waals surface area contributed by atoms with Gasteiger partial charge in [-0.2, -0.15) is 5.10 Å². The van der Waals surface area contributed by atoms with Crippen LogP contribution in [0.4, 0.5) is 14.5 Å². The van der Waals surface area contributed by atoms with E-state index in [0.29, 0.717) is 56.3 Å². The molecule has 4 heterocycles. The number of ether oxygens (including phenoxy) is 1. The Labute approximate surface area is 335 Å². The number of carbonyl (C=O) groups excluding carboxylic acids is 3. The van der Waals surface area contributed by atoms with E-state index in [1.165, 1.54) is 36.0 Å². The van der Waals surface area contributed by atoms with Crippen molar-refractivity contribution in [2.45, 2.75) is 19.4 Å². The number of benzene rings is 3. The molecule has 0 unspecified atom stereocenters. The standard InChI is InChI=1S/C42H45ClF2N8O4/c1-49-35(32-13-12-30(36(44)37(32)45)33-26-52(20-23-57-4)48-38(33)27-8-6-5-7-9-27)25-46-39(49)40(54)47-29-10-11-31(34(43)24-29)42(56)51-18-16-50(17-19-51)41(55)28-14-21-53(2,3)22-15-28/h5-13,24-26,28H,14-23H2,1-4H3/p+1. The van der Waals surface area contributed by atoms with Crippen LogP contribution >= 0.6 is 11.6 Å². The number of piperazine rings is 1. The number of likely N-dealkylation sites (tertiary alicyclic amines) is 1. The van der Waals surface area contributed by atoms with Crippen LogP contribution in [0.1, 0.15) is 33.8 Å². The Kier molecular flexibility index (Phi) is 11.6. The number of halogens is 3. The summed E-state index contributed by atoms with van der Waals surface area (Å²) in [6.45, 7) is 4.50. The third-order valence-electron chi connectivity index (χ3n) is 11.0. The summed E-state index contributed by atoms with van der Waals surface area (Å²) < 4.78 is 41.0. The average Bonchev–Trinajstić information content (AvgIpc) is 3.81. The van der Waals surface area contributed by atoms with Crippen LogP contribution in [-0.4, -0.2) is 118 Å². The fraction of sp³-hybridized carbons (Fsp3) is 0.357. The molecule has 0 spiro atoms.